The van der Waals surface area contributed by atoms with Crippen LogP contribution in [0.1, 0.15) is 20.3 Å². The molecule has 0 aliphatic heterocycles. The molecule has 0 amide bonds. The number of rotatable bonds is 8. The summed E-state index contributed by atoms with van der Waals surface area (Å²) in [6.07, 6.45) is 0.106. The molecule has 16 heavy (non-hydrogen) atoms. The van der Waals surface area contributed by atoms with Crippen LogP contribution in [0, 0.1) is 0 Å². The molecule has 3 N–H and O–H groups in total. The van der Waals surface area contributed by atoms with Crippen LogP contribution in [-0.4, -0.2) is 36.5 Å². The molecule has 6 nitrogen and oxygen atoms in total. The van der Waals surface area contributed by atoms with Crippen molar-refractivity contribution in [3.63, 3.8) is 0 Å². The predicted molar refractivity (Wildman–Crippen MR) is 63.2 cm³/mol. The highest BCUT2D eigenvalue weighted by Crippen LogP contribution is 2.48. The molecule has 0 rings (SSSR count). The van der Waals surface area contributed by atoms with Crippen LogP contribution < -0.4 is 5.73 Å². The smallest absolute Gasteiger partial charge is 0.330 e. The van der Waals surface area contributed by atoms with Gasteiger partial charge in [-0.15, -0.1) is 12.4 Å². The quantitative estimate of drug-likeness (QED) is 0.651. The zero-order valence-electron chi connectivity index (χ0n) is 9.42. The largest absolute Gasteiger partial charge is 0.480 e. The van der Waals surface area contributed by atoms with Crippen LogP contribution in [0.4, 0.5) is 0 Å². The molecule has 0 fully saturated rings. The van der Waals surface area contributed by atoms with Crippen molar-refractivity contribution in [1.82, 2.24) is 0 Å². The number of aliphatic carboxylic acids is 1. The molecule has 0 bridgehead atoms. The van der Waals surface area contributed by atoms with Gasteiger partial charge in [0.25, 0.3) is 0 Å². The standard InChI is InChI=1S/C8H18NO5P.ClH/c1-3-13-15(12,14-4-2)6-5-7(9)8(10)11;/h7H,3-6,9H2,1-2H3,(H,10,11);1H/t7-;/m0./s1. The average molecular weight is 276 g/mol. The van der Waals surface area contributed by atoms with Gasteiger partial charge in [-0.2, -0.15) is 0 Å². The molecular weight excluding hydrogens is 257 g/mol. The fraction of sp³-hybridized carbons (Fsp3) is 0.875. The van der Waals surface area contributed by atoms with E-state index in [4.69, 9.17) is 19.9 Å². The Morgan fingerprint density at radius 1 is 1.38 bits per heavy atom. The summed E-state index contributed by atoms with van der Waals surface area (Å²) in [4.78, 5) is 10.4. The topological polar surface area (TPSA) is 98.9 Å². The Balaban J connectivity index is 0. The van der Waals surface area contributed by atoms with E-state index in [0.29, 0.717) is 0 Å². The third-order valence-electron chi connectivity index (χ3n) is 1.68. The summed E-state index contributed by atoms with van der Waals surface area (Å²) in [7, 11) is -3.16. The molecule has 98 valence electrons. The van der Waals surface area contributed by atoms with Crippen LogP contribution in [0.2, 0.25) is 0 Å². The van der Waals surface area contributed by atoms with E-state index in [-0.39, 0.29) is 38.2 Å². The molecule has 0 aliphatic carbocycles. The van der Waals surface area contributed by atoms with Crippen molar-refractivity contribution >= 4 is 26.0 Å². The lowest BCUT2D eigenvalue weighted by Gasteiger charge is -2.17. The second-order valence-corrected chi connectivity index (χ2v) is 5.09. The summed E-state index contributed by atoms with van der Waals surface area (Å²) < 4.78 is 21.8. The zero-order chi connectivity index (χ0) is 11.9. The molecule has 0 radical (unpaired) electrons. The SMILES string of the molecule is CCOP(=O)(CC[C@H](N)C(=O)O)OCC.Cl. The summed E-state index contributed by atoms with van der Waals surface area (Å²) in [5, 5.41) is 8.54. The molecule has 0 unspecified atom stereocenters. The van der Waals surface area contributed by atoms with Crippen LogP contribution in [-0.2, 0) is 18.4 Å². The van der Waals surface area contributed by atoms with E-state index in [2.05, 4.69) is 0 Å². The second kappa shape index (κ2) is 8.96. The van der Waals surface area contributed by atoms with E-state index >= 15 is 0 Å². The molecule has 0 saturated heterocycles. The number of hydrogen-bond donors (Lipinski definition) is 2. The van der Waals surface area contributed by atoms with Crippen LogP contribution in [0.15, 0.2) is 0 Å². The summed E-state index contributed by atoms with van der Waals surface area (Å²) in [5.41, 5.74) is 5.28. The number of nitrogens with two attached hydrogens (primary N) is 1. The molecule has 1 atom stereocenters. The maximum absolute atomic E-state index is 11.8. The fourth-order valence-electron chi connectivity index (χ4n) is 0.980. The Kier molecular flexibility index (Phi) is 10.2. The van der Waals surface area contributed by atoms with Gasteiger partial charge in [-0.05, 0) is 20.3 Å². The average Bonchev–Trinajstić information content (AvgIpc) is 2.15. The van der Waals surface area contributed by atoms with Crippen molar-refractivity contribution < 1.29 is 23.5 Å². The van der Waals surface area contributed by atoms with E-state index in [1.165, 1.54) is 0 Å². The van der Waals surface area contributed by atoms with Gasteiger partial charge in [-0.1, -0.05) is 0 Å². The summed E-state index contributed by atoms with van der Waals surface area (Å²) >= 11 is 0. The van der Waals surface area contributed by atoms with Crippen LogP contribution in [0.25, 0.3) is 0 Å². The summed E-state index contributed by atoms with van der Waals surface area (Å²) in [6, 6.07) is -1.03. The van der Waals surface area contributed by atoms with Crippen molar-refractivity contribution in [2.24, 2.45) is 5.73 Å². The van der Waals surface area contributed by atoms with Crippen LogP contribution in [0.3, 0.4) is 0 Å². The van der Waals surface area contributed by atoms with Gasteiger partial charge in [0.05, 0.1) is 19.4 Å². The second-order valence-electron chi connectivity index (χ2n) is 2.90. The van der Waals surface area contributed by atoms with E-state index in [9.17, 15) is 9.36 Å². The minimum absolute atomic E-state index is 0. The minimum Gasteiger partial charge on any atom is -0.480 e. The molecule has 0 heterocycles. The van der Waals surface area contributed by atoms with E-state index in [1.54, 1.807) is 13.8 Å². The molecule has 0 aromatic heterocycles. The number of halogens is 1. The van der Waals surface area contributed by atoms with Gasteiger partial charge < -0.3 is 19.9 Å². The lowest BCUT2D eigenvalue weighted by Crippen LogP contribution is -2.31. The summed E-state index contributed by atoms with van der Waals surface area (Å²) in [5.74, 6) is -1.12. The highest BCUT2D eigenvalue weighted by atomic mass is 35.5. The normalized spacial score (nSPS) is 12.9. The van der Waals surface area contributed by atoms with E-state index < -0.39 is 19.6 Å². The van der Waals surface area contributed by atoms with Gasteiger partial charge in [0, 0.05) is 0 Å². The van der Waals surface area contributed by atoms with Gasteiger partial charge in [0.2, 0.25) is 0 Å². The van der Waals surface area contributed by atoms with Crippen molar-refractivity contribution in [1.29, 1.82) is 0 Å². The Morgan fingerprint density at radius 3 is 2.12 bits per heavy atom. The number of hydrogen-bond acceptors (Lipinski definition) is 5. The fourth-order valence-corrected chi connectivity index (χ4v) is 2.69. The van der Waals surface area contributed by atoms with Gasteiger partial charge in [0.15, 0.2) is 0 Å². The van der Waals surface area contributed by atoms with Crippen molar-refractivity contribution in [3.05, 3.63) is 0 Å². The number of carboxylic acid groups (broad SMARTS) is 1. The highest BCUT2D eigenvalue weighted by molar-refractivity contribution is 7.53. The molecule has 0 saturated carbocycles. The van der Waals surface area contributed by atoms with Gasteiger partial charge in [0.1, 0.15) is 6.04 Å². The zero-order valence-corrected chi connectivity index (χ0v) is 11.1. The molecule has 0 aliphatic rings. The Labute approximate surface area is 101 Å². The highest BCUT2D eigenvalue weighted by Gasteiger charge is 2.25. The Morgan fingerprint density at radius 2 is 1.81 bits per heavy atom. The number of carbonyl (C=O) groups is 1. The van der Waals surface area contributed by atoms with Crippen molar-refractivity contribution in [2.75, 3.05) is 19.4 Å². The predicted octanol–water partition coefficient (Wildman–Crippen LogP) is 1.48. The summed E-state index contributed by atoms with van der Waals surface area (Å²) in [6.45, 7) is 3.92. The van der Waals surface area contributed by atoms with Gasteiger partial charge in [-0.25, -0.2) is 0 Å². The van der Waals surface area contributed by atoms with Crippen LogP contribution in [0.5, 0.6) is 0 Å². The Hall–Kier alpha value is -0.130. The first-order valence-electron chi connectivity index (χ1n) is 4.81. The van der Waals surface area contributed by atoms with Crippen molar-refractivity contribution in [2.45, 2.75) is 26.3 Å². The molecule has 0 aromatic carbocycles. The van der Waals surface area contributed by atoms with E-state index in [0.717, 1.165) is 0 Å². The third-order valence-corrected chi connectivity index (χ3v) is 3.79. The molecule has 8 heteroatoms. The molecular formula is C8H19ClNO5P. The number of carboxylic acids is 1. The third kappa shape index (κ3) is 7.19. The lowest BCUT2D eigenvalue weighted by molar-refractivity contribution is -0.138. The first-order chi connectivity index (χ1) is 6.95. The molecule has 0 spiro atoms. The molecule has 0 aromatic rings. The maximum Gasteiger partial charge on any atom is 0.330 e. The van der Waals surface area contributed by atoms with Gasteiger partial charge >= 0.3 is 13.6 Å². The van der Waals surface area contributed by atoms with Gasteiger partial charge in [-0.3, -0.25) is 9.36 Å². The van der Waals surface area contributed by atoms with Crippen LogP contribution >= 0.6 is 20.0 Å². The van der Waals surface area contributed by atoms with E-state index in [1.807, 2.05) is 0 Å². The van der Waals surface area contributed by atoms with Crippen molar-refractivity contribution in [3.8, 4) is 0 Å². The lowest BCUT2D eigenvalue weighted by atomic mass is 10.2. The monoisotopic (exact) mass is 275 g/mol. The first-order valence-corrected chi connectivity index (χ1v) is 6.54. The minimum atomic E-state index is -3.16. The Bertz CT molecular complexity index is 241. The first kappa shape index (κ1) is 18.2. The maximum atomic E-state index is 11.8.